The van der Waals surface area contributed by atoms with Crippen molar-refractivity contribution in [3.05, 3.63) is 59.8 Å². The SMILES string of the molecule is [C-]#[N+]c1ccc(Nc2nc(N[C@@H]3CCCC[C@@H]3N)ncc2C(N)=O)cc1-c1ncccn1. The third kappa shape index (κ3) is 4.63. The van der Waals surface area contributed by atoms with E-state index in [-0.39, 0.29) is 23.5 Å². The first kappa shape index (κ1) is 21.1. The molecular weight excluding hydrogens is 406 g/mol. The van der Waals surface area contributed by atoms with Crippen molar-refractivity contribution in [3.8, 4) is 11.4 Å². The number of hydrogen-bond acceptors (Lipinski definition) is 8. The van der Waals surface area contributed by atoms with Crippen LogP contribution in [-0.4, -0.2) is 37.9 Å². The number of rotatable bonds is 6. The lowest BCUT2D eigenvalue weighted by atomic mass is 9.91. The summed E-state index contributed by atoms with van der Waals surface area (Å²) in [6.45, 7) is 7.43. The summed E-state index contributed by atoms with van der Waals surface area (Å²) in [6, 6.07) is 6.91. The number of amides is 1. The van der Waals surface area contributed by atoms with E-state index in [1.54, 1.807) is 36.7 Å². The van der Waals surface area contributed by atoms with Crippen molar-refractivity contribution in [2.75, 3.05) is 10.6 Å². The maximum atomic E-state index is 12.0. The van der Waals surface area contributed by atoms with Crippen LogP contribution in [0, 0.1) is 6.57 Å². The van der Waals surface area contributed by atoms with E-state index >= 15 is 0 Å². The highest BCUT2D eigenvalue weighted by molar-refractivity contribution is 5.98. The molecule has 0 spiro atoms. The molecule has 1 fully saturated rings. The fourth-order valence-electron chi connectivity index (χ4n) is 3.70. The minimum absolute atomic E-state index is 0.0224. The Kier molecular flexibility index (Phi) is 6.19. The van der Waals surface area contributed by atoms with Gasteiger partial charge in [0, 0.05) is 41.9 Å². The molecule has 2 heterocycles. The van der Waals surface area contributed by atoms with Crippen LogP contribution in [0.2, 0.25) is 0 Å². The smallest absolute Gasteiger partial charge is 0.254 e. The summed E-state index contributed by atoms with van der Waals surface area (Å²) in [4.78, 5) is 32.7. The molecule has 2 aromatic heterocycles. The maximum absolute atomic E-state index is 12.0. The van der Waals surface area contributed by atoms with Crippen molar-refractivity contribution < 1.29 is 4.79 Å². The normalized spacial score (nSPS) is 17.9. The Hall–Kier alpha value is -4.10. The quantitative estimate of drug-likeness (QED) is 0.437. The molecule has 0 aliphatic heterocycles. The summed E-state index contributed by atoms with van der Waals surface area (Å²) in [5.74, 6) is 0.394. The number of benzene rings is 1. The van der Waals surface area contributed by atoms with Crippen LogP contribution in [-0.2, 0) is 0 Å². The van der Waals surface area contributed by atoms with Gasteiger partial charge in [-0.15, -0.1) is 0 Å². The minimum atomic E-state index is -0.655. The molecule has 1 aliphatic rings. The van der Waals surface area contributed by atoms with Crippen molar-refractivity contribution in [3.63, 3.8) is 0 Å². The van der Waals surface area contributed by atoms with Gasteiger partial charge in [-0.3, -0.25) is 4.79 Å². The van der Waals surface area contributed by atoms with E-state index in [9.17, 15) is 4.79 Å². The molecule has 1 aliphatic carbocycles. The lowest BCUT2D eigenvalue weighted by Crippen LogP contribution is -2.43. The Bertz CT molecular complexity index is 1160. The number of nitrogens with one attached hydrogen (secondary N) is 2. The van der Waals surface area contributed by atoms with Crippen LogP contribution < -0.4 is 22.1 Å². The molecule has 1 amide bonds. The summed E-state index contributed by atoms with van der Waals surface area (Å²) in [5, 5.41) is 6.40. The molecule has 0 bridgehead atoms. The molecule has 10 nitrogen and oxygen atoms in total. The summed E-state index contributed by atoms with van der Waals surface area (Å²) < 4.78 is 0. The van der Waals surface area contributed by atoms with Gasteiger partial charge in [0.25, 0.3) is 5.91 Å². The summed E-state index contributed by atoms with van der Waals surface area (Å²) >= 11 is 0. The van der Waals surface area contributed by atoms with Crippen molar-refractivity contribution in [2.24, 2.45) is 11.5 Å². The zero-order chi connectivity index (χ0) is 22.5. The summed E-state index contributed by atoms with van der Waals surface area (Å²) in [6.07, 6.45) is 8.70. The second-order valence-electron chi connectivity index (χ2n) is 7.56. The van der Waals surface area contributed by atoms with E-state index < -0.39 is 5.91 Å². The number of primary amides is 1. The predicted octanol–water partition coefficient (Wildman–Crippen LogP) is 3.01. The van der Waals surface area contributed by atoms with Gasteiger partial charge in [-0.1, -0.05) is 18.9 Å². The lowest BCUT2D eigenvalue weighted by Gasteiger charge is -2.29. The first-order valence-corrected chi connectivity index (χ1v) is 10.3. The van der Waals surface area contributed by atoms with E-state index in [1.165, 1.54) is 6.20 Å². The maximum Gasteiger partial charge on any atom is 0.254 e. The van der Waals surface area contributed by atoms with Gasteiger partial charge >= 0.3 is 0 Å². The average Bonchev–Trinajstić information content (AvgIpc) is 2.81. The highest BCUT2D eigenvalue weighted by atomic mass is 16.1. The number of nitrogens with two attached hydrogens (primary N) is 2. The van der Waals surface area contributed by atoms with Gasteiger partial charge in [0.1, 0.15) is 17.2 Å². The zero-order valence-corrected chi connectivity index (χ0v) is 17.3. The Morgan fingerprint density at radius 1 is 1.16 bits per heavy atom. The van der Waals surface area contributed by atoms with Gasteiger partial charge in [0.05, 0.1) is 6.57 Å². The number of hydrogen-bond donors (Lipinski definition) is 4. The van der Waals surface area contributed by atoms with Crippen molar-refractivity contribution >= 4 is 29.0 Å². The summed E-state index contributed by atoms with van der Waals surface area (Å²) in [7, 11) is 0. The van der Waals surface area contributed by atoms with Crippen LogP contribution >= 0.6 is 0 Å². The molecule has 0 radical (unpaired) electrons. The fraction of sp³-hybridized carbons (Fsp3) is 0.273. The van der Waals surface area contributed by atoms with Crippen LogP contribution in [0.1, 0.15) is 36.0 Å². The third-order valence-electron chi connectivity index (χ3n) is 5.37. The molecule has 162 valence electrons. The Balaban J connectivity index is 1.65. The molecule has 32 heavy (non-hydrogen) atoms. The highest BCUT2D eigenvalue weighted by Gasteiger charge is 2.23. The zero-order valence-electron chi connectivity index (χ0n) is 17.3. The Morgan fingerprint density at radius 3 is 2.66 bits per heavy atom. The number of aromatic nitrogens is 4. The van der Waals surface area contributed by atoms with Crippen LogP contribution in [0.4, 0.5) is 23.1 Å². The van der Waals surface area contributed by atoms with Crippen LogP contribution in [0.25, 0.3) is 16.2 Å². The number of carbonyl (C=O) groups excluding carboxylic acids is 1. The van der Waals surface area contributed by atoms with Gasteiger partial charge in [-0.25, -0.2) is 19.8 Å². The van der Waals surface area contributed by atoms with Gasteiger partial charge < -0.3 is 22.1 Å². The van der Waals surface area contributed by atoms with Gasteiger partial charge in [-0.2, -0.15) is 4.98 Å². The molecule has 0 saturated heterocycles. The number of anilines is 3. The van der Waals surface area contributed by atoms with Gasteiger partial charge in [0.2, 0.25) is 5.95 Å². The minimum Gasteiger partial charge on any atom is -0.365 e. The fourth-order valence-corrected chi connectivity index (χ4v) is 3.70. The standard InChI is InChI=1S/C22H23N9O/c1-25-17-8-7-13(11-14(17)20-26-9-4-10-27-20)29-21-15(19(24)32)12-28-22(31-21)30-18-6-3-2-5-16(18)23/h4,7-12,16,18H,2-3,5-6,23H2,(H2,24,32)(H2,28,29,30,31)/t16-,18+/m0/s1. The van der Waals surface area contributed by atoms with E-state index in [0.29, 0.717) is 28.7 Å². The monoisotopic (exact) mass is 429 g/mol. The molecule has 10 heteroatoms. The van der Waals surface area contributed by atoms with Gasteiger partial charge in [-0.05, 0) is 31.0 Å². The molecular formula is C22H23N9O. The molecule has 3 aromatic rings. The highest BCUT2D eigenvalue weighted by Crippen LogP contribution is 2.32. The van der Waals surface area contributed by atoms with E-state index in [1.807, 2.05) is 0 Å². The lowest BCUT2D eigenvalue weighted by molar-refractivity contribution is 0.100. The Labute approximate surface area is 185 Å². The van der Waals surface area contributed by atoms with Crippen LogP contribution in [0.3, 0.4) is 0 Å². The van der Waals surface area contributed by atoms with Crippen molar-refractivity contribution in [1.29, 1.82) is 0 Å². The molecule has 6 N–H and O–H groups in total. The predicted molar refractivity (Wildman–Crippen MR) is 121 cm³/mol. The van der Waals surface area contributed by atoms with Crippen LogP contribution in [0.5, 0.6) is 0 Å². The summed E-state index contributed by atoms with van der Waals surface area (Å²) in [5.41, 5.74) is 13.5. The average molecular weight is 429 g/mol. The molecule has 0 unspecified atom stereocenters. The first-order valence-electron chi connectivity index (χ1n) is 10.3. The largest absolute Gasteiger partial charge is 0.365 e. The molecule has 1 aromatic carbocycles. The van der Waals surface area contributed by atoms with Crippen molar-refractivity contribution in [1.82, 2.24) is 19.9 Å². The second kappa shape index (κ2) is 9.36. The topological polar surface area (TPSA) is 149 Å². The second-order valence-corrected chi connectivity index (χ2v) is 7.56. The van der Waals surface area contributed by atoms with E-state index in [4.69, 9.17) is 18.0 Å². The third-order valence-corrected chi connectivity index (χ3v) is 5.37. The van der Waals surface area contributed by atoms with Gasteiger partial charge in [0.15, 0.2) is 5.69 Å². The van der Waals surface area contributed by atoms with Crippen LogP contribution in [0.15, 0.2) is 42.9 Å². The van der Waals surface area contributed by atoms with E-state index in [2.05, 4.69) is 35.4 Å². The molecule has 4 rings (SSSR count). The number of carbonyl (C=O) groups is 1. The Morgan fingerprint density at radius 2 is 1.94 bits per heavy atom. The van der Waals surface area contributed by atoms with Crippen molar-refractivity contribution in [2.45, 2.75) is 37.8 Å². The van der Waals surface area contributed by atoms with E-state index in [0.717, 1.165) is 25.7 Å². The molecule has 2 atom stereocenters. The number of nitrogens with zero attached hydrogens (tertiary/aromatic N) is 5. The first-order chi connectivity index (χ1) is 15.5. The molecule has 1 saturated carbocycles.